The van der Waals surface area contributed by atoms with Crippen molar-refractivity contribution < 1.29 is 4.79 Å². The molecule has 1 aliphatic rings. The fourth-order valence-corrected chi connectivity index (χ4v) is 3.62. The maximum absolute atomic E-state index is 12.7. The molecule has 29 heavy (non-hydrogen) atoms. The molecule has 1 amide bonds. The van der Waals surface area contributed by atoms with E-state index in [2.05, 4.69) is 32.9 Å². The molecule has 1 fully saturated rings. The second-order valence-corrected chi connectivity index (χ2v) is 7.53. The van der Waals surface area contributed by atoms with Crippen molar-refractivity contribution in [3.05, 3.63) is 47.9 Å². The third-order valence-electron chi connectivity index (χ3n) is 5.45. The van der Waals surface area contributed by atoms with Crippen molar-refractivity contribution >= 4 is 41.6 Å². The Morgan fingerprint density at radius 1 is 1.21 bits per heavy atom. The zero-order chi connectivity index (χ0) is 18.9. The van der Waals surface area contributed by atoms with E-state index in [4.69, 9.17) is 0 Å². The molecule has 7 nitrogen and oxygen atoms in total. The van der Waals surface area contributed by atoms with Gasteiger partial charge in [0.2, 0.25) is 0 Å². The Kier molecular flexibility index (Phi) is 7.57. The normalized spacial score (nSPS) is 15.2. The number of rotatable bonds is 4. The van der Waals surface area contributed by atoms with Gasteiger partial charge in [0.05, 0.1) is 16.9 Å². The molecule has 0 bridgehead atoms. The number of nitrogens with zero attached hydrogens (tertiary/aromatic N) is 4. The molecule has 3 heterocycles. The lowest BCUT2D eigenvalue weighted by molar-refractivity contribution is 0.0916. The van der Waals surface area contributed by atoms with Crippen LogP contribution in [-0.2, 0) is 0 Å². The number of benzene rings is 1. The summed E-state index contributed by atoms with van der Waals surface area (Å²) >= 11 is 0. The van der Waals surface area contributed by atoms with Crippen LogP contribution in [0.15, 0.2) is 36.5 Å². The van der Waals surface area contributed by atoms with Gasteiger partial charge in [-0.25, -0.2) is 4.68 Å². The highest BCUT2D eigenvalue weighted by atomic mass is 35.5. The number of nitrogens with one attached hydrogen (secondary N) is 2. The van der Waals surface area contributed by atoms with Gasteiger partial charge in [-0.15, -0.1) is 29.9 Å². The van der Waals surface area contributed by atoms with Crippen molar-refractivity contribution in [2.75, 3.05) is 19.6 Å². The molecule has 4 rings (SSSR count). The van der Waals surface area contributed by atoms with E-state index < -0.39 is 0 Å². The van der Waals surface area contributed by atoms with Crippen LogP contribution in [-0.4, -0.2) is 45.5 Å². The zero-order valence-electron chi connectivity index (χ0n) is 16.5. The number of aromatic nitrogens is 4. The van der Waals surface area contributed by atoms with Gasteiger partial charge in [0.25, 0.3) is 5.91 Å². The summed E-state index contributed by atoms with van der Waals surface area (Å²) in [7, 11) is 0. The third kappa shape index (κ3) is 4.69. The maximum atomic E-state index is 12.7. The van der Waals surface area contributed by atoms with Gasteiger partial charge >= 0.3 is 0 Å². The van der Waals surface area contributed by atoms with Crippen LogP contribution >= 0.6 is 24.8 Å². The minimum atomic E-state index is -0.170. The van der Waals surface area contributed by atoms with Crippen LogP contribution in [0.2, 0.25) is 0 Å². The van der Waals surface area contributed by atoms with Crippen LogP contribution in [0.5, 0.6) is 0 Å². The van der Waals surface area contributed by atoms with E-state index in [1.54, 1.807) is 10.9 Å². The van der Waals surface area contributed by atoms with Crippen molar-refractivity contribution in [2.24, 2.45) is 5.41 Å². The Balaban J connectivity index is 0.00000150. The van der Waals surface area contributed by atoms with E-state index in [-0.39, 0.29) is 36.1 Å². The molecule has 3 aromatic rings. The number of piperidine rings is 1. The van der Waals surface area contributed by atoms with Gasteiger partial charge in [-0.1, -0.05) is 18.2 Å². The topological polar surface area (TPSA) is 84.7 Å². The molecule has 0 saturated carbocycles. The maximum Gasteiger partial charge on any atom is 0.273 e. The molecule has 0 unspecified atom stereocenters. The highest BCUT2D eigenvalue weighted by Gasteiger charge is 2.28. The first-order valence-electron chi connectivity index (χ1n) is 9.33. The lowest BCUT2D eigenvalue weighted by atomic mass is 9.81. The average Bonchev–Trinajstić information content (AvgIpc) is 3.07. The molecule has 1 saturated heterocycles. The van der Waals surface area contributed by atoms with Gasteiger partial charge in [0.1, 0.15) is 0 Å². The highest BCUT2D eigenvalue weighted by Crippen LogP contribution is 2.27. The first kappa shape index (κ1) is 23.1. The Hall–Kier alpha value is -2.22. The Morgan fingerprint density at radius 2 is 1.97 bits per heavy atom. The fraction of sp³-hybridized carbons (Fsp3) is 0.400. The molecule has 0 spiro atoms. The summed E-state index contributed by atoms with van der Waals surface area (Å²) in [6.45, 7) is 6.74. The number of hydrogen-bond acceptors (Lipinski definition) is 5. The fourth-order valence-electron chi connectivity index (χ4n) is 3.62. The molecule has 2 aromatic heterocycles. The summed E-state index contributed by atoms with van der Waals surface area (Å²) in [5, 5.41) is 15.8. The van der Waals surface area contributed by atoms with E-state index in [1.807, 2.05) is 37.3 Å². The number of carbonyl (C=O) groups excluding carboxylic acids is 1. The van der Waals surface area contributed by atoms with Crippen LogP contribution in [0.4, 0.5) is 0 Å². The van der Waals surface area contributed by atoms with Gasteiger partial charge in [-0.2, -0.15) is 0 Å². The molecule has 2 N–H and O–H groups in total. The number of fused-ring (bicyclic) bond motifs is 1. The van der Waals surface area contributed by atoms with Gasteiger partial charge in [-0.05, 0) is 62.5 Å². The van der Waals surface area contributed by atoms with Gasteiger partial charge < -0.3 is 10.6 Å². The van der Waals surface area contributed by atoms with E-state index in [9.17, 15) is 4.79 Å². The van der Waals surface area contributed by atoms with Gasteiger partial charge in [0.15, 0.2) is 5.69 Å². The molecule has 0 atom stereocenters. The second kappa shape index (κ2) is 9.52. The molecule has 0 radical (unpaired) electrons. The Bertz CT molecular complexity index is 979. The number of hydrogen-bond donors (Lipinski definition) is 2. The van der Waals surface area contributed by atoms with Gasteiger partial charge in [-0.3, -0.25) is 9.78 Å². The van der Waals surface area contributed by atoms with Crippen LogP contribution in [0, 0.1) is 12.3 Å². The smallest absolute Gasteiger partial charge is 0.273 e. The van der Waals surface area contributed by atoms with E-state index in [0.717, 1.165) is 48.2 Å². The van der Waals surface area contributed by atoms with Crippen molar-refractivity contribution in [3.63, 3.8) is 0 Å². The zero-order valence-corrected chi connectivity index (χ0v) is 18.1. The van der Waals surface area contributed by atoms with Crippen molar-refractivity contribution in [2.45, 2.75) is 26.7 Å². The number of pyridine rings is 1. The lowest BCUT2D eigenvalue weighted by Crippen LogP contribution is -2.43. The summed E-state index contributed by atoms with van der Waals surface area (Å²) in [4.78, 5) is 17.1. The Morgan fingerprint density at radius 3 is 2.72 bits per heavy atom. The molecule has 156 valence electrons. The number of halogens is 2. The minimum Gasteiger partial charge on any atom is -0.350 e. The monoisotopic (exact) mass is 436 g/mol. The Labute approximate surface area is 182 Å². The molecule has 0 aliphatic carbocycles. The van der Waals surface area contributed by atoms with Crippen molar-refractivity contribution in [3.8, 4) is 5.69 Å². The predicted molar refractivity (Wildman–Crippen MR) is 118 cm³/mol. The predicted octanol–water partition coefficient (Wildman–Crippen LogP) is 3.09. The molecule has 1 aromatic carbocycles. The quantitative estimate of drug-likeness (QED) is 0.656. The molecular formula is C20H26Cl2N6O. The largest absolute Gasteiger partial charge is 0.350 e. The van der Waals surface area contributed by atoms with E-state index in [1.165, 1.54) is 0 Å². The third-order valence-corrected chi connectivity index (χ3v) is 5.45. The first-order chi connectivity index (χ1) is 13.1. The second-order valence-electron chi connectivity index (χ2n) is 7.53. The minimum absolute atomic E-state index is 0. The van der Waals surface area contributed by atoms with Crippen LogP contribution in [0.3, 0.4) is 0 Å². The molecule has 1 aliphatic heterocycles. The first-order valence-corrected chi connectivity index (χ1v) is 9.33. The van der Waals surface area contributed by atoms with Crippen LogP contribution < -0.4 is 10.6 Å². The molecular weight excluding hydrogens is 411 g/mol. The van der Waals surface area contributed by atoms with Crippen LogP contribution in [0.1, 0.15) is 35.9 Å². The summed E-state index contributed by atoms with van der Waals surface area (Å²) in [5.41, 5.74) is 2.98. The van der Waals surface area contributed by atoms with Crippen molar-refractivity contribution in [1.82, 2.24) is 30.6 Å². The SMILES string of the molecule is Cc1c(C(=O)NCC2(C)CCNCC2)nnn1-c1cccc2ncccc12.Cl.Cl. The van der Waals surface area contributed by atoms with Gasteiger partial charge in [0, 0.05) is 18.1 Å². The van der Waals surface area contributed by atoms with E-state index >= 15 is 0 Å². The average molecular weight is 437 g/mol. The lowest BCUT2D eigenvalue weighted by Gasteiger charge is -2.34. The number of carbonyl (C=O) groups is 1. The summed E-state index contributed by atoms with van der Waals surface area (Å²) in [6.07, 6.45) is 3.88. The molecule has 9 heteroatoms. The van der Waals surface area contributed by atoms with Crippen LogP contribution in [0.25, 0.3) is 16.6 Å². The summed E-state index contributed by atoms with van der Waals surface area (Å²) in [6, 6.07) is 9.74. The number of amides is 1. The van der Waals surface area contributed by atoms with E-state index in [0.29, 0.717) is 12.2 Å². The highest BCUT2D eigenvalue weighted by molar-refractivity contribution is 5.94. The summed E-state index contributed by atoms with van der Waals surface area (Å²) < 4.78 is 1.71. The standard InChI is InChI=1S/C20H24N6O.2ClH/c1-14-18(19(27)23-13-20(2)8-11-21-12-9-20)24-25-26(14)17-7-3-6-16-15(17)5-4-10-22-16;;/h3-7,10,21H,8-9,11-13H2,1-2H3,(H,23,27);2*1H. The van der Waals surface area contributed by atoms with Crippen molar-refractivity contribution in [1.29, 1.82) is 0 Å². The summed E-state index contributed by atoms with van der Waals surface area (Å²) in [5.74, 6) is -0.170.